The molecule has 2 N–H and O–H groups in total. The van der Waals surface area contributed by atoms with Crippen LogP contribution in [0, 0.1) is 13.8 Å². The molecule has 0 aliphatic heterocycles. The quantitative estimate of drug-likeness (QED) is 0.850. The molecule has 0 spiro atoms. The van der Waals surface area contributed by atoms with E-state index >= 15 is 0 Å². The molecule has 1 aromatic carbocycles. The molecule has 0 radical (unpaired) electrons. The van der Waals surface area contributed by atoms with Gasteiger partial charge in [0.1, 0.15) is 5.82 Å². The molecule has 0 amide bonds. The first-order valence-corrected chi connectivity index (χ1v) is 5.41. The van der Waals surface area contributed by atoms with E-state index in [4.69, 9.17) is 5.11 Å². The van der Waals surface area contributed by atoms with Gasteiger partial charge in [0.15, 0.2) is 5.69 Å². The van der Waals surface area contributed by atoms with Crippen LogP contribution in [0.3, 0.4) is 0 Å². The summed E-state index contributed by atoms with van der Waals surface area (Å²) in [6.07, 6.45) is 0.565. The molecule has 0 saturated heterocycles. The van der Waals surface area contributed by atoms with E-state index in [0.29, 0.717) is 17.9 Å². The molecule has 0 bridgehead atoms. The number of nitrogens with zero attached hydrogens (tertiary/aromatic N) is 1. The minimum absolute atomic E-state index is 0.116. The maximum absolute atomic E-state index is 11.0. The topological polar surface area (TPSA) is 66.0 Å². The molecule has 0 saturated carbocycles. The normalized spacial score (nSPS) is 10.5. The van der Waals surface area contributed by atoms with Crippen LogP contribution in [0.15, 0.2) is 24.3 Å². The highest BCUT2D eigenvalue weighted by Gasteiger charge is 2.15. The Balaban J connectivity index is 2.36. The van der Waals surface area contributed by atoms with E-state index in [1.165, 1.54) is 0 Å². The molecular weight excluding hydrogens is 216 g/mol. The molecule has 2 aromatic rings. The highest BCUT2D eigenvalue weighted by Crippen LogP contribution is 2.15. The average Bonchev–Trinajstić information content (AvgIpc) is 2.63. The number of hydrogen-bond donors (Lipinski definition) is 2. The number of aromatic nitrogens is 2. The van der Waals surface area contributed by atoms with Crippen LogP contribution in [-0.2, 0) is 6.42 Å². The molecule has 0 aliphatic rings. The van der Waals surface area contributed by atoms with E-state index in [2.05, 4.69) is 9.97 Å². The van der Waals surface area contributed by atoms with Gasteiger partial charge in [-0.2, -0.15) is 0 Å². The monoisotopic (exact) mass is 230 g/mol. The average molecular weight is 230 g/mol. The van der Waals surface area contributed by atoms with Gasteiger partial charge < -0.3 is 10.1 Å². The number of carboxylic acids is 1. The van der Waals surface area contributed by atoms with E-state index in [1.54, 1.807) is 6.92 Å². The van der Waals surface area contributed by atoms with Gasteiger partial charge >= 0.3 is 5.97 Å². The van der Waals surface area contributed by atoms with E-state index in [1.807, 2.05) is 31.2 Å². The van der Waals surface area contributed by atoms with Crippen molar-refractivity contribution in [3.8, 4) is 0 Å². The van der Waals surface area contributed by atoms with Gasteiger partial charge in [-0.25, -0.2) is 9.78 Å². The summed E-state index contributed by atoms with van der Waals surface area (Å²) in [5.74, 6) is -0.357. The Bertz CT molecular complexity index is 558. The maximum Gasteiger partial charge on any atom is 0.356 e. The van der Waals surface area contributed by atoms with Gasteiger partial charge in [-0.3, -0.25) is 0 Å². The smallest absolute Gasteiger partial charge is 0.356 e. The van der Waals surface area contributed by atoms with E-state index in [9.17, 15) is 4.79 Å². The summed E-state index contributed by atoms with van der Waals surface area (Å²) in [5, 5.41) is 9.04. The molecule has 17 heavy (non-hydrogen) atoms. The van der Waals surface area contributed by atoms with E-state index in [-0.39, 0.29) is 5.69 Å². The number of carbonyl (C=O) groups is 1. The Labute approximate surface area is 99.3 Å². The molecule has 0 atom stereocenters. The Morgan fingerprint density at radius 1 is 1.35 bits per heavy atom. The van der Waals surface area contributed by atoms with Gasteiger partial charge in [0.2, 0.25) is 0 Å². The lowest BCUT2D eigenvalue weighted by molar-refractivity contribution is 0.0690. The number of imidazole rings is 1. The molecular formula is C13H14N2O2. The molecule has 0 aliphatic carbocycles. The van der Waals surface area contributed by atoms with Gasteiger partial charge in [-0.15, -0.1) is 0 Å². The SMILES string of the molecule is Cc1nc(C(=O)O)c(Cc2ccccc2C)[nH]1. The predicted molar refractivity (Wildman–Crippen MR) is 64.3 cm³/mol. The van der Waals surface area contributed by atoms with Crippen molar-refractivity contribution in [1.82, 2.24) is 9.97 Å². The number of benzene rings is 1. The maximum atomic E-state index is 11.0. The first kappa shape index (κ1) is 11.4. The number of nitrogens with one attached hydrogen (secondary N) is 1. The zero-order valence-corrected chi connectivity index (χ0v) is 9.82. The number of H-pyrrole nitrogens is 1. The summed E-state index contributed by atoms with van der Waals surface area (Å²) in [5.41, 5.74) is 3.03. The second-order valence-electron chi connectivity index (χ2n) is 4.06. The summed E-state index contributed by atoms with van der Waals surface area (Å²) < 4.78 is 0. The van der Waals surface area contributed by atoms with Crippen LogP contribution in [0.4, 0.5) is 0 Å². The molecule has 4 heteroatoms. The van der Waals surface area contributed by atoms with Crippen molar-refractivity contribution in [2.45, 2.75) is 20.3 Å². The van der Waals surface area contributed by atoms with Crippen LogP contribution in [0.1, 0.15) is 33.1 Å². The van der Waals surface area contributed by atoms with Gasteiger partial charge in [0, 0.05) is 6.42 Å². The van der Waals surface area contributed by atoms with Gasteiger partial charge in [-0.1, -0.05) is 24.3 Å². The number of hydrogen-bond acceptors (Lipinski definition) is 2. The van der Waals surface area contributed by atoms with Crippen molar-refractivity contribution in [3.63, 3.8) is 0 Å². The minimum Gasteiger partial charge on any atom is -0.476 e. The number of carboxylic acid groups (broad SMARTS) is 1. The van der Waals surface area contributed by atoms with Crippen molar-refractivity contribution in [3.05, 3.63) is 52.6 Å². The Kier molecular flexibility index (Phi) is 2.95. The third-order valence-corrected chi connectivity index (χ3v) is 2.73. The van der Waals surface area contributed by atoms with Crippen molar-refractivity contribution in [2.75, 3.05) is 0 Å². The number of aromatic amines is 1. The lowest BCUT2D eigenvalue weighted by atomic mass is 10.0. The van der Waals surface area contributed by atoms with Crippen LogP contribution in [0.2, 0.25) is 0 Å². The lowest BCUT2D eigenvalue weighted by Gasteiger charge is -2.04. The van der Waals surface area contributed by atoms with Gasteiger partial charge in [0.25, 0.3) is 0 Å². The molecule has 1 aromatic heterocycles. The zero-order chi connectivity index (χ0) is 12.4. The lowest BCUT2D eigenvalue weighted by Crippen LogP contribution is -2.03. The number of aromatic carboxylic acids is 1. The second-order valence-corrected chi connectivity index (χ2v) is 4.06. The summed E-state index contributed by atoms with van der Waals surface area (Å²) in [6.45, 7) is 3.77. The molecule has 1 heterocycles. The van der Waals surface area contributed by atoms with Crippen molar-refractivity contribution in [2.24, 2.45) is 0 Å². The standard InChI is InChI=1S/C13H14N2O2/c1-8-5-3-4-6-10(8)7-11-12(13(16)17)15-9(2)14-11/h3-6H,7H2,1-2H3,(H,14,15)(H,16,17). The minimum atomic E-state index is -0.988. The highest BCUT2D eigenvalue weighted by molar-refractivity contribution is 5.86. The fourth-order valence-electron chi connectivity index (χ4n) is 1.84. The van der Waals surface area contributed by atoms with Crippen molar-refractivity contribution < 1.29 is 9.90 Å². The van der Waals surface area contributed by atoms with Crippen LogP contribution in [0.25, 0.3) is 0 Å². The van der Waals surface area contributed by atoms with Gasteiger partial charge in [0.05, 0.1) is 5.69 Å². The highest BCUT2D eigenvalue weighted by atomic mass is 16.4. The molecule has 88 valence electrons. The van der Waals surface area contributed by atoms with Crippen LogP contribution < -0.4 is 0 Å². The summed E-state index contributed by atoms with van der Waals surface area (Å²) in [7, 11) is 0. The molecule has 0 unspecified atom stereocenters. The largest absolute Gasteiger partial charge is 0.476 e. The van der Waals surface area contributed by atoms with Crippen molar-refractivity contribution in [1.29, 1.82) is 0 Å². The number of aryl methyl sites for hydroxylation is 2. The fourth-order valence-corrected chi connectivity index (χ4v) is 1.84. The summed E-state index contributed by atoms with van der Waals surface area (Å²) in [4.78, 5) is 18.0. The first-order valence-electron chi connectivity index (χ1n) is 5.41. The van der Waals surface area contributed by atoms with E-state index in [0.717, 1.165) is 11.1 Å². The van der Waals surface area contributed by atoms with Crippen LogP contribution >= 0.6 is 0 Å². The van der Waals surface area contributed by atoms with E-state index < -0.39 is 5.97 Å². The van der Waals surface area contributed by atoms with Crippen LogP contribution in [0.5, 0.6) is 0 Å². The molecule has 0 fully saturated rings. The van der Waals surface area contributed by atoms with Crippen LogP contribution in [-0.4, -0.2) is 21.0 Å². The Hall–Kier alpha value is -2.10. The Morgan fingerprint density at radius 3 is 2.71 bits per heavy atom. The van der Waals surface area contributed by atoms with Crippen molar-refractivity contribution >= 4 is 5.97 Å². The molecule has 4 nitrogen and oxygen atoms in total. The summed E-state index contributed by atoms with van der Waals surface area (Å²) >= 11 is 0. The first-order chi connectivity index (χ1) is 8.08. The zero-order valence-electron chi connectivity index (χ0n) is 9.82. The predicted octanol–water partition coefficient (Wildman–Crippen LogP) is 2.32. The Morgan fingerprint density at radius 2 is 2.06 bits per heavy atom. The third kappa shape index (κ3) is 2.36. The summed E-state index contributed by atoms with van der Waals surface area (Å²) in [6, 6.07) is 7.93. The molecule has 2 rings (SSSR count). The third-order valence-electron chi connectivity index (χ3n) is 2.73. The van der Waals surface area contributed by atoms with Gasteiger partial charge in [-0.05, 0) is 25.0 Å². The number of rotatable bonds is 3. The second kappa shape index (κ2) is 4.41. The fraction of sp³-hybridized carbons (Fsp3) is 0.231.